The summed E-state index contributed by atoms with van der Waals surface area (Å²) in [5, 5.41) is 29.7. The predicted molar refractivity (Wildman–Crippen MR) is 106 cm³/mol. The number of ether oxygens (including phenoxy) is 1. The zero-order valence-electron chi connectivity index (χ0n) is 16.1. The Bertz CT molecular complexity index is 965. The fourth-order valence-electron chi connectivity index (χ4n) is 3.59. The number of phenols is 1. The monoisotopic (exact) mass is 397 g/mol. The summed E-state index contributed by atoms with van der Waals surface area (Å²) < 4.78 is 5.87. The molecule has 2 aromatic rings. The zero-order chi connectivity index (χ0) is 20.5. The first kappa shape index (κ1) is 19.6. The number of likely N-dealkylation sites (N-methyl/N-ethyl adjacent to an activating group) is 1. The van der Waals surface area contributed by atoms with E-state index in [0.29, 0.717) is 29.0 Å². The fourth-order valence-corrected chi connectivity index (χ4v) is 3.59. The predicted octanol–water partition coefficient (Wildman–Crippen LogP) is 1.16. The van der Waals surface area contributed by atoms with Gasteiger partial charge in [-0.05, 0) is 30.8 Å². The van der Waals surface area contributed by atoms with Crippen molar-refractivity contribution in [2.75, 3.05) is 33.2 Å². The minimum absolute atomic E-state index is 0.101. The highest BCUT2D eigenvalue weighted by Gasteiger charge is 2.32. The second kappa shape index (κ2) is 7.94. The number of nitrogens with zero attached hydrogens (tertiary/aromatic N) is 2. The molecule has 8 heteroatoms. The Labute approximate surface area is 168 Å². The van der Waals surface area contributed by atoms with Crippen molar-refractivity contribution < 1.29 is 25.1 Å². The van der Waals surface area contributed by atoms with Crippen molar-refractivity contribution in [3.05, 3.63) is 64.1 Å². The highest BCUT2D eigenvalue weighted by atomic mass is 16.8. The average molecular weight is 397 g/mol. The molecular weight excluding hydrogens is 374 g/mol. The maximum absolute atomic E-state index is 12.8. The lowest BCUT2D eigenvalue weighted by Crippen LogP contribution is -2.99. The van der Waals surface area contributed by atoms with Gasteiger partial charge >= 0.3 is 0 Å². The number of Topliss-reactive ketones (excluding diaryl/α,β-unsaturated/α-hetero) is 1. The van der Waals surface area contributed by atoms with E-state index in [2.05, 4.69) is 16.8 Å². The molecule has 152 valence electrons. The fraction of sp³-hybridized carbons (Fsp3) is 0.286. The average Bonchev–Trinajstić information content (AvgIpc) is 3.01. The maximum atomic E-state index is 12.8. The summed E-state index contributed by atoms with van der Waals surface area (Å²) in [6, 6.07) is 9.39. The molecule has 0 spiro atoms. The largest absolute Gasteiger partial charge is 0.595 e. The standard InChI is InChI=1S/C21H23N3O5/c1-22-7-9-23(10-8-22)13-17-18(25)6-5-16-20(26)19(29-21(16)17)12-14-3-2-4-15(11-14)24(27)28/h2-6,11-12,24-25,27H,7-10,13H2,1H3. The zero-order valence-corrected chi connectivity index (χ0v) is 16.1. The Morgan fingerprint density at radius 1 is 1.21 bits per heavy atom. The number of aromatic hydroxyl groups is 1. The van der Waals surface area contributed by atoms with Crippen molar-refractivity contribution in [3.63, 3.8) is 0 Å². The van der Waals surface area contributed by atoms with Gasteiger partial charge in [-0.1, -0.05) is 12.1 Å². The number of carbonyl (C=O) groups is 1. The van der Waals surface area contributed by atoms with Crippen LogP contribution < -0.4 is 9.96 Å². The van der Waals surface area contributed by atoms with E-state index in [0.717, 1.165) is 26.2 Å². The van der Waals surface area contributed by atoms with Gasteiger partial charge in [-0.3, -0.25) is 9.69 Å². The quantitative estimate of drug-likeness (QED) is 0.526. The van der Waals surface area contributed by atoms with Crippen LogP contribution in [0.3, 0.4) is 0 Å². The van der Waals surface area contributed by atoms with Gasteiger partial charge < -0.3 is 20.0 Å². The molecule has 2 heterocycles. The van der Waals surface area contributed by atoms with Gasteiger partial charge in [0, 0.05) is 44.9 Å². The van der Waals surface area contributed by atoms with E-state index in [9.17, 15) is 15.1 Å². The van der Waals surface area contributed by atoms with Crippen LogP contribution in [0.1, 0.15) is 21.5 Å². The first-order chi connectivity index (χ1) is 13.9. The molecule has 0 saturated carbocycles. The number of piperazine rings is 1. The Balaban J connectivity index is 1.62. The molecule has 0 bridgehead atoms. The number of carbonyl (C=O) groups excluding carboxylic acids is 1. The second-order valence-electron chi connectivity index (χ2n) is 7.39. The van der Waals surface area contributed by atoms with Crippen molar-refractivity contribution in [2.24, 2.45) is 0 Å². The Hall–Kier alpha value is -2.75. The second-order valence-corrected chi connectivity index (χ2v) is 7.39. The molecule has 29 heavy (non-hydrogen) atoms. The van der Waals surface area contributed by atoms with Gasteiger partial charge in [-0.2, -0.15) is 5.23 Å². The van der Waals surface area contributed by atoms with Crippen LogP contribution in [0.15, 0.2) is 42.2 Å². The minimum Gasteiger partial charge on any atom is -0.595 e. The van der Waals surface area contributed by atoms with Gasteiger partial charge in [-0.25, -0.2) is 5.21 Å². The number of nitrogens with one attached hydrogen (secondary N) is 1. The summed E-state index contributed by atoms with van der Waals surface area (Å²) in [5.74, 6) is 0.326. The molecule has 1 saturated heterocycles. The number of benzene rings is 2. The number of quaternary nitrogens is 1. The lowest BCUT2D eigenvalue weighted by Gasteiger charge is -2.32. The highest BCUT2D eigenvalue weighted by molar-refractivity contribution is 6.15. The number of phenolic OH excluding ortho intramolecular Hbond substituents is 1. The molecule has 8 nitrogen and oxygen atoms in total. The molecule has 1 atom stereocenters. The van der Waals surface area contributed by atoms with Gasteiger partial charge in [0.2, 0.25) is 5.78 Å². The Morgan fingerprint density at radius 3 is 2.69 bits per heavy atom. The topological polar surface area (TPSA) is 101 Å². The van der Waals surface area contributed by atoms with Crippen molar-refractivity contribution in [1.29, 1.82) is 0 Å². The highest BCUT2D eigenvalue weighted by Crippen LogP contribution is 2.40. The summed E-state index contributed by atoms with van der Waals surface area (Å²) >= 11 is 0. The van der Waals surface area contributed by atoms with Crippen LogP contribution in [-0.2, 0) is 6.54 Å². The molecule has 2 aromatic carbocycles. The SMILES string of the molecule is CN1CCN(Cc2c(O)ccc3c2OC(=Cc2cccc([NH+]([O-])O)c2)C3=O)CC1. The number of hydrogen-bond donors (Lipinski definition) is 3. The van der Waals surface area contributed by atoms with E-state index in [1.165, 1.54) is 24.3 Å². The van der Waals surface area contributed by atoms with Gasteiger partial charge in [0.05, 0.1) is 11.1 Å². The third kappa shape index (κ3) is 4.02. The molecule has 0 radical (unpaired) electrons. The van der Waals surface area contributed by atoms with E-state index in [-0.39, 0.29) is 23.0 Å². The first-order valence-electron chi connectivity index (χ1n) is 9.46. The van der Waals surface area contributed by atoms with Crippen LogP contribution in [0.4, 0.5) is 5.69 Å². The van der Waals surface area contributed by atoms with Crippen molar-refractivity contribution >= 4 is 17.5 Å². The number of hydrogen-bond acceptors (Lipinski definition) is 7. The summed E-state index contributed by atoms with van der Waals surface area (Å²) in [6.45, 7) is 4.13. The summed E-state index contributed by atoms with van der Waals surface area (Å²) in [4.78, 5) is 17.3. The van der Waals surface area contributed by atoms with E-state index in [1.807, 2.05) is 0 Å². The van der Waals surface area contributed by atoms with E-state index >= 15 is 0 Å². The van der Waals surface area contributed by atoms with Crippen molar-refractivity contribution in [2.45, 2.75) is 6.54 Å². The lowest BCUT2D eigenvalue weighted by molar-refractivity contribution is -0.991. The Morgan fingerprint density at radius 2 is 1.97 bits per heavy atom. The van der Waals surface area contributed by atoms with Gasteiger partial charge in [0.15, 0.2) is 11.4 Å². The van der Waals surface area contributed by atoms with Crippen LogP contribution in [-0.4, -0.2) is 59.1 Å². The maximum Gasteiger partial charge on any atom is 0.231 e. The number of ketones is 1. The number of allylic oxidation sites excluding steroid dienone is 1. The molecule has 0 amide bonds. The van der Waals surface area contributed by atoms with Crippen LogP contribution in [0.2, 0.25) is 0 Å². The molecular formula is C21H23N3O5. The molecule has 0 aromatic heterocycles. The van der Waals surface area contributed by atoms with E-state index in [4.69, 9.17) is 9.94 Å². The van der Waals surface area contributed by atoms with Crippen LogP contribution in [0.5, 0.6) is 11.5 Å². The van der Waals surface area contributed by atoms with E-state index in [1.54, 1.807) is 18.2 Å². The molecule has 1 unspecified atom stereocenters. The molecule has 2 aliphatic heterocycles. The van der Waals surface area contributed by atoms with Crippen molar-refractivity contribution in [1.82, 2.24) is 9.80 Å². The molecule has 0 aliphatic carbocycles. The normalized spacial score (nSPS) is 20.0. The third-order valence-electron chi connectivity index (χ3n) is 5.33. The third-order valence-corrected chi connectivity index (χ3v) is 5.33. The van der Waals surface area contributed by atoms with Crippen LogP contribution >= 0.6 is 0 Å². The first-order valence-corrected chi connectivity index (χ1v) is 9.46. The van der Waals surface area contributed by atoms with Crippen LogP contribution in [0, 0.1) is 5.21 Å². The summed E-state index contributed by atoms with van der Waals surface area (Å²) in [5.41, 5.74) is 1.71. The Kier molecular flexibility index (Phi) is 5.35. The van der Waals surface area contributed by atoms with Gasteiger partial charge in [0.1, 0.15) is 11.5 Å². The summed E-state index contributed by atoms with van der Waals surface area (Å²) in [6.07, 6.45) is 1.53. The molecule has 3 N–H and O–H groups in total. The lowest BCUT2D eigenvalue weighted by atomic mass is 10.0. The molecule has 2 aliphatic rings. The molecule has 1 fully saturated rings. The minimum atomic E-state index is -1.04. The molecule has 4 rings (SSSR count). The smallest absolute Gasteiger partial charge is 0.231 e. The van der Waals surface area contributed by atoms with Gasteiger partial charge in [0.25, 0.3) is 0 Å². The van der Waals surface area contributed by atoms with Crippen molar-refractivity contribution in [3.8, 4) is 11.5 Å². The number of fused-ring (bicyclic) bond motifs is 1. The van der Waals surface area contributed by atoms with E-state index < -0.39 is 5.23 Å². The van der Waals surface area contributed by atoms with Crippen LogP contribution in [0.25, 0.3) is 6.08 Å². The summed E-state index contributed by atoms with van der Waals surface area (Å²) in [7, 11) is 2.08. The van der Waals surface area contributed by atoms with Gasteiger partial charge in [-0.15, -0.1) is 0 Å². The number of rotatable bonds is 4.